The highest BCUT2D eigenvalue weighted by atomic mass is 79.9. The molecule has 4 N–H and O–H groups in total. The monoisotopic (exact) mass is 431 g/mol. The van der Waals surface area contributed by atoms with Crippen molar-refractivity contribution in [3.05, 3.63) is 48.5 Å². The molecule has 0 aliphatic carbocycles. The van der Waals surface area contributed by atoms with Gasteiger partial charge in [-0.3, -0.25) is 0 Å². The molecule has 0 bridgehead atoms. The molecule has 8 heteroatoms. The minimum Gasteiger partial charge on any atom is -0.398 e. The molecular formula is C13H11Br2N3O2S. The molecular weight excluding hydrogens is 422 g/mol. The van der Waals surface area contributed by atoms with Crippen LogP contribution in [0.25, 0.3) is 0 Å². The summed E-state index contributed by atoms with van der Waals surface area (Å²) in [5.74, 6) is -0.473. The van der Waals surface area contributed by atoms with E-state index in [1.54, 1.807) is 24.3 Å². The minimum atomic E-state index is -0.573. The van der Waals surface area contributed by atoms with Crippen LogP contribution >= 0.6 is 43.2 Å². The highest BCUT2D eigenvalue weighted by Gasteiger charge is 2.14. The Balaban J connectivity index is 2.17. The van der Waals surface area contributed by atoms with Crippen molar-refractivity contribution in [2.75, 3.05) is 5.73 Å². The molecule has 0 atom stereocenters. The lowest BCUT2D eigenvalue weighted by Gasteiger charge is -2.06. The van der Waals surface area contributed by atoms with E-state index >= 15 is 0 Å². The predicted octanol–water partition coefficient (Wildman–Crippen LogP) is 3.64. The number of nitrogen functional groups attached to an aromatic ring is 1. The van der Waals surface area contributed by atoms with E-state index in [1.807, 2.05) is 6.92 Å². The first-order valence-corrected chi connectivity index (χ1v) is 8.15. The Hall–Kier alpha value is -1.38. The van der Waals surface area contributed by atoms with Crippen LogP contribution in [0.3, 0.4) is 0 Å². The molecule has 2 rings (SSSR count). The summed E-state index contributed by atoms with van der Waals surface area (Å²) in [4.78, 5) is 17.1. The van der Waals surface area contributed by atoms with Crippen molar-refractivity contribution >= 4 is 60.7 Å². The van der Waals surface area contributed by atoms with Crippen molar-refractivity contribution < 1.29 is 9.63 Å². The molecule has 1 aromatic carbocycles. The normalized spacial score (nSPS) is 11.5. The second-order valence-corrected chi connectivity index (χ2v) is 7.33. The Bertz CT molecular complexity index is 709. The number of amidine groups is 1. The molecule has 5 nitrogen and oxygen atoms in total. The third-order valence-electron chi connectivity index (χ3n) is 2.72. The van der Waals surface area contributed by atoms with Gasteiger partial charge in [-0.2, -0.15) is 0 Å². The van der Waals surface area contributed by atoms with Crippen LogP contribution in [0.1, 0.15) is 20.8 Å². The minimum absolute atomic E-state index is 0.0998. The smallest absolute Gasteiger partial charge is 0.375 e. The van der Waals surface area contributed by atoms with Crippen LogP contribution in [0.15, 0.2) is 37.7 Å². The molecule has 0 aliphatic heterocycles. The molecule has 0 aliphatic rings. The lowest BCUT2D eigenvalue weighted by atomic mass is 10.1. The SMILES string of the molecule is Cc1c(N)cccc1/C(N)=N/OC(=O)c1cc(Br)c(Br)s1. The summed E-state index contributed by atoms with van der Waals surface area (Å²) in [5, 5.41) is 3.68. The average Bonchev–Trinajstić information content (AvgIpc) is 2.79. The van der Waals surface area contributed by atoms with E-state index < -0.39 is 5.97 Å². The number of benzene rings is 1. The summed E-state index contributed by atoms with van der Waals surface area (Å²) < 4.78 is 1.58. The quantitative estimate of drug-likeness (QED) is 0.254. The summed E-state index contributed by atoms with van der Waals surface area (Å²) in [6.07, 6.45) is 0. The molecule has 0 spiro atoms. The third-order valence-corrected chi connectivity index (χ3v) is 5.96. The number of nitrogens with zero attached hydrogens (tertiary/aromatic N) is 1. The molecule has 0 saturated heterocycles. The van der Waals surface area contributed by atoms with Crippen LogP contribution < -0.4 is 11.5 Å². The highest BCUT2D eigenvalue weighted by Crippen LogP contribution is 2.32. The molecule has 0 radical (unpaired) electrons. The van der Waals surface area contributed by atoms with E-state index in [2.05, 4.69) is 37.0 Å². The number of rotatable bonds is 3. The van der Waals surface area contributed by atoms with Crippen molar-refractivity contribution in [2.45, 2.75) is 6.92 Å². The largest absolute Gasteiger partial charge is 0.398 e. The Labute approximate surface area is 142 Å². The van der Waals surface area contributed by atoms with E-state index in [1.165, 1.54) is 11.3 Å². The summed E-state index contributed by atoms with van der Waals surface area (Å²) >= 11 is 7.85. The number of halogens is 2. The van der Waals surface area contributed by atoms with Crippen LogP contribution in [0, 0.1) is 6.92 Å². The third kappa shape index (κ3) is 3.63. The molecule has 2 aromatic rings. The number of hydrogen-bond donors (Lipinski definition) is 2. The van der Waals surface area contributed by atoms with E-state index in [0.29, 0.717) is 16.1 Å². The van der Waals surface area contributed by atoms with Crippen molar-refractivity contribution in [3.63, 3.8) is 0 Å². The summed E-state index contributed by atoms with van der Waals surface area (Å²) in [5.41, 5.74) is 13.7. The van der Waals surface area contributed by atoms with Gasteiger partial charge in [-0.05, 0) is 56.5 Å². The first kappa shape index (κ1) is 16.0. The standard InChI is InChI=1S/C13H11Br2N3O2S/c1-6-7(3-2-4-9(6)16)12(17)18-20-13(19)10-5-8(14)11(15)21-10/h2-5H,16H2,1H3,(H2,17,18). The number of carbonyl (C=O) groups excluding carboxylic acids is 1. The van der Waals surface area contributed by atoms with Crippen molar-refractivity contribution in [2.24, 2.45) is 10.9 Å². The van der Waals surface area contributed by atoms with Gasteiger partial charge in [-0.1, -0.05) is 17.3 Å². The van der Waals surface area contributed by atoms with Gasteiger partial charge >= 0.3 is 5.97 Å². The topological polar surface area (TPSA) is 90.7 Å². The lowest BCUT2D eigenvalue weighted by molar-refractivity contribution is 0.0521. The first-order valence-electron chi connectivity index (χ1n) is 5.75. The number of oxime groups is 1. The van der Waals surface area contributed by atoms with Crippen LogP contribution in [0.4, 0.5) is 5.69 Å². The zero-order chi connectivity index (χ0) is 15.6. The molecule has 110 valence electrons. The van der Waals surface area contributed by atoms with Crippen molar-refractivity contribution in [3.8, 4) is 0 Å². The molecule has 0 unspecified atom stereocenters. The van der Waals surface area contributed by atoms with Gasteiger partial charge in [0.25, 0.3) is 0 Å². The maximum absolute atomic E-state index is 11.9. The zero-order valence-corrected chi connectivity index (χ0v) is 14.9. The molecule has 0 amide bonds. The lowest BCUT2D eigenvalue weighted by Crippen LogP contribution is -2.17. The van der Waals surface area contributed by atoms with Gasteiger partial charge in [-0.25, -0.2) is 4.79 Å². The van der Waals surface area contributed by atoms with Crippen molar-refractivity contribution in [1.82, 2.24) is 0 Å². The second-order valence-electron chi connectivity index (χ2n) is 4.11. The maximum atomic E-state index is 11.9. The van der Waals surface area contributed by atoms with Crippen LogP contribution in [0.2, 0.25) is 0 Å². The van der Waals surface area contributed by atoms with Gasteiger partial charge in [0, 0.05) is 15.7 Å². The van der Waals surface area contributed by atoms with Gasteiger partial charge in [0.2, 0.25) is 0 Å². The molecule has 0 saturated carbocycles. The number of carbonyl (C=O) groups is 1. The van der Waals surface area contributed by atoms with Gasteiger partial charge in [0.15, 0.2) is 5.84 Å². The Morgan fingerprint density at radius 2 is 2.10 bits per heavy atom. The summed E-state index contributed by atoms with van der Waals surface area (Å²) in [6.45, 7) is 1.82. The molecule has 0 fully saturated rings. The fraction of sp³-hybridized carbons (Fsp3) is 0.0769. The van der Waals surface area contributed by atoms with E-state index in [0.717, 1.165) is 13.8 Å². The number of nitrogens with two attached hydrogens (primary N) is 2. The maximum Gasteiger partial charge on any atom is 0.375 e. The Morgan fingerprint density at radius 1 is 1.38 bits per heavy atom. The summed E-state index contributed by atoms with van der Waals surface area (Å²) in [6, 6.07) is 6.93. The number of anilines is 1. The fourth-order valence-electron chi connectivity index (χ4n) is 1.56. The number of hydrogen-bond acceptors (Lipinski definition) is 5. The van der Waals surface area contributed by atoms with Gasteiger partial charge in [-0.15, -0.1) is 11.3 Å². The van der Waals surface area contributed by atoms with Crippen LogP contribution in [-0.2, 0) is 4.84 Å². The fourth-order valence-corrected chi connectivity index (χ4v) is 3.47. The van der Waals surface area contributed by atoms with E-state index in [4.69, 9.17) is 16.3 Å². The van der Waals surface area contributed by atoms with E-state index in [-0.39, 0.29) is 5.84 Å². The van der Waals surface area contributed by atoms with Crippen LogP contribution in [-0.4, -0.2) is 11.8 Å². The molecule has 21 heavy (non-hydrogen) atoms. The molecule has 1 aromatic heterocycles. The summed E-state index contributed by atoms with van der Waals surface area (Å²) in [7, 11) is 0. The highest BCUT2D eigenvalue weighted by molar-refractivity contribution is 9.13. The zero-order valence-electron chi connectivity index (χ0n) is 10.9. The van der Waals surface area contributed by atoms with E-state index in [9.17, 15) is 4.79 Å². The Morgan fingerprint density at radius 3 is 2.71 bits per heavy atom. The van der Waals surface area contributed by atoms with Crippen molar-refractivity contribution in [1.29, 1.82) is 0 Å². The van der Waals surface area contributed by atoms with Crippen LogP contribution in [0.5, 0.6) is 0 Å². The van der Waals surface area contributed by atoms with Gasteiger partial charge in [0.1, 0.15) is 4.88 Å². The number of thiophene rings is 1. The first-order chi connectivity index (χ1) is 9.90. The second kappa shape index (κ2) is 6.59. The molecule has 1 heterocycles. The van der Waals surface area contributed by atoms with Gasteiger partial charge in [0.05, 0.1) is 3.79 Å². The average molecular weight is 433 g/mol. The van der Waals surface area contributed by atoms with Gasteiger partial charge < -0.3 is 16.3 Å². The predicted molar refractivity (Wildman–Crippen MR) is 91.5 cm³/mol. The Kier molecular flexibility index (Phi) is 5.02.